The van der Waals surface area contributed by atoms with E-state index in [2.05, 4.69) is 15.9 Å². The van der Waals surface area contributed by atoms with Crippen LogP contribution in [-0.2, 0) is 0 Å². The molecule has 144 valence electrons. The van der Waals surface area contributed by atoms with E-state index in [4.69, 9.17) is 21.7 Å². The second kappa shape index (κ2) is 6.60. The van der Waals surface area contributed by atoms with Gasteiger partial charge < -0.3 is 0 Å². The van der Waals surface area contributed by atoms with Crippen LogP contribution >= 0.6 is 38.9 Å². The van der Waals surface area contributed by atoms with Gasteiger partial charge in [0.1, 0.15) is 5.69 Å². The van der Waals surface area contributed by atoms with Gasteiger partial charge in [0, 0.05) is 26.2 Å². The number of hydrogen-bond donors (Lipinski definition) is 0. The van der Waals surface area contributed by atoms with Gasteiger partial charge in [-0.1, -0.05) is 75.3 Å². The van der Waals surface area contributed by atoms with Gasteiger partial charge in [-0.25, -0.2) is 9.67 Å². The molecule has 0 unspecified atom stereocenters. The summed E-state index contributed by atoms with van der Waals surface area (Å²) in [7, 11) is 0. The monoisotopic (exact) mass is 491 g/mol. The largest absolute Gasteiger partial charge is 0.288 e. The highest BCUT2D eigenvalue weighted by Crippen LogP contribution is 2.43. The number of halogens is 2. The summed E-state index contributed by atoms with van der Waals surface area (Å²) in [6, 6.07) is 21.1. The minimum Gasteiger partial charge on any atom is -0.288 e. The van der Waals surface area contributed by atoms with Gasteiger partial charge in [0.15, 0.2) is 5.78 Å². The van der Waals surface area contributed by atoms with Crippen molar-refractivity contribution in [2.45, 2.75) is 0 Å². The predicted octanol–water partition coefficient (Wildman–Crippen LogP) is 6.78. The highest BCUT2D eigenvalue weighted by Gasteiger charge is 2.35. The molecule has 0 spiro atoms. The van der Waals surface area contributed by atoms with Crippen LogP contribution in [0.3, 0.4) is 0 Å². The van der Waals surface area contributed by atoms with E-state index in [9.17, 15) is 4.79 Å². The molecule has 1 aliphatic rings. The molecular weight excluding hydrogens is 482 g/mol. The lowest BCUT2D eigenvalue weighted by molar-refractivity contribution is 0.104. The molecule has 2 aromatic heterocycles. The summed E-state index contributed by atoms with van der Waals surface area (Å²) in [5, 5.41) is 6.24. The number of nitrogens with zero attached hydrogens (tertiary/aromatic N) is 3. The Labute approximate surface area is 188 Å². The van der Waals surface area contributed by atoms with E-state index in [0.29, 0.717) is 27.0 Å². The average molecular weight is 493 g/mol. The standard InChI is InChI=1S/C23H11BrClN3OS/c24-13-7-5-12(6-8-13)20-19-21(15-3-1-2-4-16(15)22(19)29)28(27-20)23-26-17-10-9-14(25)11-18(17)30-23/h1-11H. The van der Waals surface area contributed by atoms with Crippen LogP contribution in [-0.4, -0.2) is 20.5 Å². The summed E-state index contributed by atoms with van der Waals surface area (Å²) in [5.74, 6) is -0.00563. The van der Waals surface area contributed by atoms with Crippen molar-refractivity contribution in [1.82, 2.24) is 14.8 Å². The van der Waals surface area contributed by atoms with E-state index in [-0.39, 0.29) is 5.78 Å². The third-order valence-electron chi connectivity index (χ3n) is 5.18. The molecule has 0 bridgehead atoms. The zero-order valence-corrected chi connectivity index (χ0v) is 18.4. The zero-order valence-electron chi connectivity index (χ0n) is 15.3. The Morgan fingerprint density at radius 1 is 0.967 bits per heavy atom. The summed E-state index contributed by atoms with van der Waals surface area (Å²) in [6.07, 6.45) is 0. The van der Waals surface area contributed by atoms with Crippen LogP contribution in [0, 0.1) is 0 Å². The Morgan fingerprint density at radius 2 is 1.73 bits per heavy atom. The average Bonchev–Trinajstić information content (AvgIpc) is 3.42. The molecular formula is C23H11BrClN3OS. The van der Waals surface area contributed by atoms with Gasteiger partial charge in [-0.2, -0.15) is 5.10 Å². The van der Waals surface area contributed by atoms with E-state index in [1.807, 2.05) is 66.7 Å². The van der Waals surface area contributed by atoms with Crippen LogP contribution in [0.4, 0.5) is 0 Å². The lowest BCUT2D eigenvalue weighted by atomic mass is 10.0. The fourth-order valence-corrected chi connectivity index (χ4v) is 5.29. The van der Waals surface area contributed by atoms with Crippen LogP contribution in [0.25, 0.3) is 37.9 Å². The van der Waals surface area contributed by atoms with Gasteiger partial charge in [0.05, 0.1) is 21.5 Å². The Kier molecular flexibility index (Phi) is 3.96. The number of aromatic nitrogens is 3. The van der Waals surface area contributed by atoms with Crippen molar-refractivity contribution in [2.75, 3.05) is 0 Å². The summed E-state index contributed by atoms with van der Waals surface area (Å²) in [5.41, 5.74) is 5.39. The fraction of sp³-hybridized carbons (Fsp3) is 0. The molecule has 6 rings (SSSR count). The lowest BCUT2D eigenvalue weighted by Crippen LogP contribution is -2.00. The zero-order chi connectivity index (χ0) is 20.4. The first-order chi connectivity index (χ1) is 14.6. The highest BCUT2D eigenvalue weighted by molar-refractivity contribution is 9.10. The van der Waals surface area contributed by atoms with Crippen molar-refractivity contribution in [3.8, 4) is 27.6 Å². The van der Waals surface area contributed by atoms with E-state index in [1.165, 1.54) is 11.3 Å². The number of carbonyl (C=O) groups excluding carboxylic acids is 1. The molecule has 1 aliphatic carbocycles. The van der Waals surface area contributed by atoms with Crippen LogP contribution in [0.2, 0.25) is 5.02 Å². The summed E-state index contributed by atoms with van der Waals surface area (Å²) < 4.78 is 3.75. The maximum Gasteiger partial charge on any atom is 0.212 e. The molecule has 30 heavy (non-hydrogen) atoms. The normalized spacial score (nSPS) is 12.4. The number of carbonyl (C=O) groups is 1. The Balaban J connectivity index is 1.66. The number of rotatable bonds is 2. The van der Waals surface area contributed by atoms with Crippen molar-refractivity contribution in [3.63, 3.8) is 0 Å². The predicted molar refractivity (Wildman–Crippen MR) is 124 cm³/mol. The van der Waals surface area contributed by atoms with Crippen LogP contribution in [0.15, 0.2) is 71.2 Å². The molecule has 0 atom stereocenters. The lowest BCUT2D eigenvalue weighted by Gasteiger charge is -2.03. The van der Waals surface area contributed by atoms with E-state index in [0.717, 1.165) is 31.5 Å². The topological polar surface area (TPSA) is 47.8 Å². The first kappa shape index (κ1) is 18.0. The fourth-order valence-electron chi connectivity index (χ4n) is 3.83. The molecule has 0 N–H and O–H groups in total. The maximum atomic E-state index is 13.3. The summed E-state index contributed by atoms with van der Waals surface area (Å²) in [6.45, 7) is 0. The van der Waals surface area contributed by atoms with Crippen LogP contribution in [0.1, 0.15) is 15.9 Å². The second-order valence-corrected chi connectivity index (χ2v) is 9.34. The Bertz CT molecular complexity index is 1490. The van der Waals surface area contributed by atoms with Crippen molar-refractivity contribution < 1.29 is 4.79 Å². The molecule has 4 nitrogen and oxygen atoms in total. The Morgan fingerprint density at radius 3 is 2.53 bits per heavy atom. The van der Waals surface area contributed by atoms with Gasteiger partial charge in [0.25, 0.3) is 0 Å². The first-order valence-corrected chi connectivity index (χ1v) is 11.2. The summed E-state index contributed by atoms with van der Waals surface area (Å²) >= 11 is 11.1. The number of hydrogen-bond acceptors (Lipinski definition) is 4. The van der Waals surface area contributed by atoms with Crippen LogP contribution in [0.5, 0.6) is 0 Å². The smallest absolute Gasteiger partial charge is 0.212 e. The molecule has 0 saturated heterocycles. The number of benzene rings is 3. The van der Waals surface area contributed by atoms with Gasteiger partial charge >= 0.3 is 0 Å². The van der Waals surface area contributed by atoms with E-state index >= 15 is 0 Å². The van der Waals surface area contributed by atoms with E-state index in [1.54, 1.807) is 4.68 Å². The molecule has 0 saturated carbocycles. The molecule has 0 fully saturated rings. The number of fused-ring (bicyclic) bond motifs is 4. The quantitative estimate of drug-likeness (QED) is 0.268. The van der Waals surface area contributed by atoms with Gasteiger partial charge in [-0.15, -0.1) is 0 Å². The van der Waals surface area contributed by atoms with Gasteiger partial charge in [-0.3, -0.25) is 4.79 Å². The Hall–Kier alpha value is -2.80. The minimum absolute atomic E-state index is 0.00563. The van der Waals surface area contributed by atoms with Crippen molar-refractivity contribution in [3.05, 3.63) is 87.4 Å². The molecule has 7 heteroatoms. The van der Waals surface area contributed by atoms with Crippen molar-refractivity contribution >= 4 is 54.9 Å². The third kappa shape index (κ3) is 2.61. The molecule has 2 heterocycles. The van der Waals surface area contributed by atoms with Crippen molar-refractivity contribution in [1.29, 1.82) is 0 Å². The van der Waals surface area contributed by atoms with Gasteiger partial charge in [0.2, 0.25) is 5.13 Å². The summed E-state index contributed by atoms with van der Waals surface area (Å²) in [4.78, 5) is 18.1. The number of thiazole rings is 1. The molecule has 0 aliphatic heterocycles. The molecule has 0 amide bonds. The van der Waals surface area contributed by atoms with Crippen molar-refractivity contribution in [2.24, 2.45) is 0 Å². The maximum absolute atomic E-state index is 13.3. The minimum atomic E-state index is -0.00563. The van der Waals surface area contributed by atoms with E-state index < -0.39 is 0 Å². The second-order valence-electron chi connectivity index (χ2n) is 6.97. The third-order valence-corrected chi connectivity index (χ3v) is 6.93. The van der Waals surface area contributed by atoms with Crippen LogP contribution < -0.4 is 0 Å². The molecule has 0 radical (unpaired) electrons. The first-order valence-electron chi connectivity index (χ1n) is 9.20. The highest BCUT2D eigenvalue weighted by atomic mass is 79.9. The number of ketones is 1. The molecule has 3 aromatic carbocycles. The van der Waals surface area contributed by atoms with Gasteiger partial charge in [-0.05, 0) is 30.3 Å². The SMILES string of the molecule is O=C1c2ccccc2-c2c1c(-c1ccc(Br)cc1)nn2-c1nc2ccc(Cl)cc2s1. The molecule has 5 aromatic rings.